The van der Waals surface area contributed by atoms with Gasteiger partial charge in [-0.15, -0.1) is 0 Å². The molecule has 1 amide bonds. The molecule has 0 saturated carbocycles. The van der Waals surface area contributed by atoms with Gasteiger partial charge in [-0.25, -0.2) is 4.79 Å². The third kappa shape index (κ3) is 5.82. The zero-order chi connectivity index (χ0) is 26.3. The number of carboxylic acid groups (broad SMARTS) is 1. The number of rotatable bonds is 3. The van der Waals surface area contributed by atoms with Gasteiger partial charge in [0.1, 0.15) is 5.75 Å². The Hall–Kier alpha value is -2.56. The predicted octanol–water partition coefficient (Wildman–Crippen LogP) is 7.62. The number of nitrogens with zero attached hydrogens (tertiary/aromatic N) is 2. The third-order valence-electron chi connectivity index (χ3n) is 7.24. The van der Waals surface area contributed by atoms with Crippen molar-refractivity contribution >= 4 is 6.09 Å². The van der Waals surface area contributed by atoms with Gasteiger partial charge in [-0.3, -0.25) is 4.98 Å². The van der Waals surface area contributed by atoms with Crippen LogP contribution in [0, 0.1) is 5.41 Å². The summed E-state index contributed by atoms with van der Waals surface area (Å²) in [4.78, 5) is 18.6. The number of ether oxygens (including phenoxy) is 1. The van der Waals surface area contributed by atoms with Gasteiger partial charge in [-0.1, -0.05) is 68.4 Å². The molecule has 1 N–H and O–H groups in total. The molecule has 2 aromatic rings. The van der Waals surface area contributed by atoms with Crippen molar-refractivity contribution in [3.63, 3.8) is 0 Å². The van der Waals surface area contributed by atoms with Crippen molar-refractivity contribution in [3.05, 3.63) is 47.2 Å². The smallest absolute Gasteiger partial charge is 0.407 e. The van der Waals surface area contributed by atoms with E-state index in [1.165, 1.54) is 11.1 Å². The summed E-state index contributed by atoms with van der Waals surface area (Å²) in [5.74, 6) is 1.19. The van der Waals surface area contributed by atoms with Gasteiger partial charge >= 0.3 is 6.09 Å². The summed E-state index contributed by atoms with van der Waals surface area (Å²) in [5, 5.41) is 9.75. The molecular formula is C30H44N2O3. The Morgan fingerprint density at radius 1 is 1.00 bits per heavy atom. The van der Waals surface area contributed by atoms with Crippen LogP contribution < -0.4 is 4.74 Å². The molecule has 1 aliphatic rings. The van der Waals surface area contributed by atoms with Crippen LogP contribution in [0.4, 0.5) is 4.79 Å². The number of hydrogen-bond donors (Lipinski definition) is 1. The highest BCUT2D eigenvalue weighted by molar-refractivity contribution is 5.67. The van der Waals surface area contributed by atoms with Crippen LogP contribution in [0.5, 0.6) is 5.75 Å². The largest absolute Gasteiger partial charge is 0.496 e. The second-order valence-electron chi connectivity index (χ2n) is 13.1. The van der Waals surface area contributed by atoms with Crippen molar-refractivity contribution in [1.29, 1.82) is 0 Å². The third-order valence-corrected chi connectivity index (χ3v) is 7.24. The molecule has 0 spiro atoms. The number of carbonyl (C=O) groups is 1. The number of piperidine rings is 1. The van der Waals surface area contributed by atoms with Gasteiger partial charge in [0.15, 0.2) is 0 Å². The van der Waals surface area contributed by atoms with Crippen LogP contribution in [0.15, 0.2) is 30.3 Å². The Kier molecular flexibility index (Phi) is 7.32. The first-order chi connectivity index (χ1) is 16.0. The van der Waals surface area contributed by atoms with E-state index in [9.17, 15) is 9.90 Å². The second kappa shape index (κ2) is 9.48. The summed E-state index contributed by atoms with van der Waals surface area (Å²) in [6.45, 7) is 20.2. The Morgan fingerprint density at radius 2 is 1.57 bits per heavy atom. The van der Waals surface area contributed by atoms with E-state index < -0.39 is 6.09 Å². The first-order valence-electron chi connectivity index (χ1n) is 12.7. The lowest BCUT2D eigenvalue weighted by Gasteiger charge is -2.44. The van der Waals surface area contributed by atoms with Gasteiger partial charge in [0.25, 0.3) is 0 Å². The molecule has 0 radical (unpaired) electrons. The van der Waals surface area contributed by atoms with E-state index in [-0.39, 0.29) is 28.2 Å². The highest BCUT2D eigenvalue weighted by Crippen LogP contribution is 2.43. The predicted molar refractivity (Wildman–Crippen MR) is 144 cm³/mol. The molecule has 1 aromatic carbocycles. The van der Waals surface area contributed by atoms with Gasteiger partial charge in [-0.2, -0.15) is 0 Å². The maximum Gasteiger partial charge on any atom is 0.407 e. The number of likely N-dealkylation sites (tertiary alicyclic amines) is 1. The topological polar surface area (TPSA) is 62.7 Å². The maximum atomic E-state index is 11.9. The fourth-order valence-electron chi connectivity index (χ4n) is 5.23. The Bertz CT molecular complexity index is 1040. The molecule has 0 aliphatic carbocycles. The van der Waals surface area contributed by atoms with Crippen molar-refractivity contribution in [2.24, 2.45) is 5.41 Å². The Balaban J connectivity index is 2.07. The van der Waals surface area contributed by atoms with Crippen molar-refractivity contribution in [3.8, 4) is 17.0 Å². The molecule has 5 heteroatoms. The van der Waals surface area contributed by atoms with E-state index in [1.54, 1.807) is 12.0 Å². The minimum Gasteiger partial charge on any atom is -0.496 e. The molecule has 1 aliphatic heterocycles. The van der Waals surface area contributed by atoms with Gasteiger partial charge in [-0.05, 0) is 53.4 Å². The van der Waals surface area contributed by atoms with E-state index >= 15 is 0 Å². The molecule has 3 rings (SSSR count). The average Bonchev–Trinajstić information content (AvgIpc) is 2.76. The number of amides is 1. The summed E-state index contributed by atoms with van der Waals surface area (Å²) in [5.41, 5.74) is 5.16. The molecule has 1 aromatic heterocycles. The van der Waals surface area contributed by atoms with Crippen LogP contribution in [0.25, 0.3) is 11.3 Å². The highest BCUT2D eigenvalue weighted by atomic mass is 16.5. The summed E-state index contributed by atoms with van der Waals surface area (Å²) >= 11 is 0. The van der Waals surface area contributed by atoms with Crippen molar-refractivity contribution < 1.29 is 14.6 Å². The fraction of sp³-hybridized carbons (Fsp3) is 0.600. The average molecular weight is 481 g/mol. The van der Waals surface area contributed by atoms with E-state index in [1.807, 2.05) is 0 Å². The molecule has 2 heterocycles. The lowest BCUT2D eigenvalue weighted by atomic mass is 9.76. The van der Waals surface area contributed by atoms with Gasteiger partial charge in [0, 0.05) is 40.9 Å². The number of methoxy groups -OCH3 is 1. The zero-order valence-electron chi connectivity index (χ0n) is 23.3. The number of aromatic nitrogens is 1. The summed E-state index contributed by atoms with van der Waals surface area (Å²) in [6, 6.07) is 10.7. The molecule has 192 valence electrons. The number of pyridine rings is 1. The van der Waals surface area contributed by atoms with Gasteiger partial charge in [0.2, 0.25) is 0 Å². The molecule has 1 fully saturated rings. The van der Waals surface area contributed by atoms with Crippen LogP contribution in [-0.2, 0) is 10.8 Å². The summed E-state index contributed by atoms with van der Waals surface area (Å²) in [7, 11) is 1.76. The molecule has 0 bridgehead atoms. The molecule has 1 saturated heterocycles. The van der Waals surface area contributed by atoms with Crippen LogP contribution in [0.3, 0.4) is 0 Å². The fourth-order valence-corrected chi connectivity index (χ4v) is 5.23. The zero-order valence-corrected chi connectivity index (χ0v) is 23.3. The van der Waals surface area contributed by atoms with E-state index in [0.29, 0.717) is 6.54 Å². The Labute approximate surface area is 211 Å². The van der Waals surface area contributed by atoms with Crippen molar-refractivity contribution in [2.45, 2.75) is 97.9 Å². The molecule has 35 heavy (non-hydrogen) atoms. The van der Waals surface area contributed by atoms with E-state index in [4.69, 9.17) is 9.72 Å². The lowest BCUT2D eigenvalue weighted by molar-refractivity contribution is 0.0521. The SMILES string of the molecule is COc1c(C(C)(C)C)cc(-c2cccc(C3CCN(C(=O)O)C(C(C)(C)C)C3)n2)cc1C(C)(C)C. The summed E-state index contributed by atoms with van der Waals surface area (Å²) in [6.07, 6.45) is 0.751. The molecular weight excluding hydrogens is 436 g/mol. The summed E-state index contributed by atoms with van der Waals surface area (Å²) < 4.78 is 5.94. The maximum absolute atomic E-state index is 11.9. The quantitative estimate of drug-likeness (QED) is 0.491. The standard InChI is InChI=1S/C30H44N2O3/c1-28(2,3)21-16-20(17-22(26(21)35-10)29(4,5)6)24-13-11-12-23(31-24)19-14-15-32(27(33)34)25(18-19)30(7,8)9/h11-13,16-17,19,25H,14-15,18H2,1-10H3,(H,33,34). The number of benzene rings is 1. The van der Waals surface area contributed by atoms with Crippen LogP contribution >= 0.6 is 0 Å². The minimum atomic E-state index is -0.826. The van der Waals surface area contributed by atoms with Crippen molar-refractivity contribution in [1.82, 2.24) is 9.88 Å². The monoisotopic (exact) mass is 480 g/mol. The second-order valence-corrected chi connectivity index (χ2v) is 13.1. The normalized spacial score (nSPS) is 19.5. The van der Waals surface area contributed by atoms with E-state index in [0.717, 1.165) is 35.5 Å². The lowest BCUT2D eigenvalue weighted by Crippen LogP contribution is -2.51. The number of hydrogen-bond acceptors (Lipinski definition) is 3. The van der Waals surface area contributed by atoms with E-state index in [2.05, 4.69) is 92.6 Å². The Morgan fingerprint density at radius 3 is 2.03 bits per heavy atom. The van der Waals surface area contributed by atoms with Crippen molar-refractivity contribution in [2.75, 3.05) is 13.7 Å². The van der Waals surface area contributed by atoms with Gasteiger partial charge in [0.05, 0.1) is 12.8 Å². The molecule has 2 atom stereocenters. The first-order valence-corrected chi connectivity index (χ1v) is 12.7. The minimum absolute atomic E-state index is 0.0369. The van der Waals surface area contributed by atoms with Gasteiger partial charge < -0.3 is 14.7 Å². The van der Waals surface area contributed by atoms with Crippen LogP contribution in [0.1, 0.15) is 97.9 Å². The highest BCUT2D eigenvalue weighted by Gasteiger charge is 2.39. The molecule has 2 unspecified atom stereocenters. The van der Waals surface area contributed by atoms with Crippen LogP contribution in [-0.4, -0.2) is 40.8 Å². The van der Waals surface area contributed by atoms with Crippen LogP contribution in [0.2, 0.25) is 0 Å². The first kappa shape index (κ1) is 27.0. The molecule has 5 nitrogen and oxygen atoms in total.